The van der Waals surface area contributed by atoms with Gasteiger partial charge in [0, 0.05) is 5.02 Å². The maximum absolute atomic E-state index is 12.8. The van der Waals surface area contributed by atoms with Crippen molar-refractivity contribution in [3.63, 3.8) is 0 Å². The zero-order valence-electron chi connectivity index (χ0n) is 13.1. The average molecular weight is 363 g/mol. The van der Waals surface area contributed by atoms with Crippen LogP contribution in [0.5, 0.6) is 0 Å². The maximum atomic E-state index is 12.8. The van der Waals surface area contributed by atoms with E-state index >= 15 is 0 Å². The van der Waals surface area contributed by atoms with E-state index < -0.39 is 10.0 Å². The second kappa shape index (κ2) is 6.26. The number of nitrogens with zero attached hydrogens (tertiary/aromatic N) is 3. The molecular formula is C16H15ClN4O2S. The fraction of sp³-hybridized carbons (Fsp3) is 0.125. The van der Waals surface area contributed by atoms with Crippen LogP contribution >= 0.6 is 11.6 Å². The van der Waals surface area contributed by atoms with Crippen LogP contribution in [-0.4, -0.2) is 23.2 Å². The van der Waals surface area contributed by atoms with Gasteiger partial charge in [0.05, 0.1) is 16.3 Å². The summed E-state index contributed by atoms with van der Waals surface area (Å²) in [5, 5.41) is 4.45. The van der Waals surface area contributed by atoms with Gasteiger partial charge in [-0.05, 0) is 49.2 Å². The number of halogens is 1. The number of rotatable bonds is 4. The highest BCUT2D eigenvalue weighted by molar-refractivity contribution is 7.92. The first-order valence-electron chi connectivity index (χ1n) is 7.11. The van der Waals surface area contributed by atoms with Crippen molar-refractivity contribution in [3.8, 4) is 5.69 Å². The molecule has 1 N–H and O–H groups in total. The minimum Gasteiger partial charge on any atom is -0.277 e. The molecule has 0 fully saturated rings. The van der Waals surface area contributed by atoms with Crippen LogP contribution in [0.2, 0.25) is 5.02 Å². The van der Waals surface area contributed by atoms with Gasteiger partial charge in [-0.2, -0.15) is 5.10 Å². The first-order valence-corrected chi connectivity index (χ1v) is 8.97. The minimum absolute atomic E-state index is 0.229. The maximum Gasteiger partial charge on any atom is 0.262 e. The van der Waals surface area contributed by atoms with E-state index in [1.165, 1.54) is 17.3 Å². The van der Waals surface area contributed by atoms with E-state index in [0.29, 0.717) is 22.0 Å². The van der Waals surface area contributed by atoms with Gasteiger partial charge in [-0.1, -0.05) is 23.7 Å². The molecular weight excluding hydrogens is 348 g/mol. The molecule has 0 aliphatic rings. The fourth-order valence-corrected chi connectivity index (χ4v) is 3.89. The Balaban J connectivity index is 2.08. The number of hydrogen-bond donors (Lipinski definition) is 1. The molecule has 0 atom stereocenters. The van der Waals surface area contributed by atoms with Gasteiger partial charge in [-0.3, -0.25) is 4.72 Å². The van der Waals surface area contributed by atoms with Crippen LogP contribution in [0.15, 0.2) is 53.9 Å². The third-order valence-electron chi connectivity index (χ3n) is 3.50. The predicted octanol–water partition coefficient (Wildman–Crippen LogP) is 3.34. The molecule has 124 valence electrons. The summed E-state index contributed by atoms with van der Waals surface area (Å²) in [5.41, 5.74) is 2.39. The van der Waals surface area contributed by atoms with Gasteiger partial charge in [0.25, 0.3) is 10.0 Å². The summed E-state index contributed by atoms with van der Waals surface area (Å²) in [6.07, 6.45) is 2.86. The van der Waals surface area contributed by atoms with Crippen molar-refractivity contribution in [2.24, 2.45) is 0 Å². The van der Waals surface area contributed by atoms with E-state index in [-0.39, 0.29) is 4.90 Å². The number of anilines is 1. The highest BCUT2D eigenvalue weighted by Crippen LogP contribution is 2.27. The van der Waals surface area contributed by atoms with Crippen LogP contribution in [0.4, 0.5) is 5.69 Å². The lowest BCUT2D eigenvalue weighted by atomic mass is 10.2. The number of aromatic nitrogens is 3. The largest absolute Gasteiger partial charge is 0.277 e. The standard InChI is InChI=1S/C16H15ClN4O2S/c1-11-3-4-12(2)16(7-11)24(22,23)20-14-8-13(17)5-6-15(14)21-10-18-9-19-21/h3-10,20H,1-2H3. The van der Waals surface area contributed by atoms with E-state index in [1.807, 2.05) is 13.0 Å². The van der Waals surface area contributed by atoms with Crippen LogP contribution in [-0.2, 0) is 10.0 Å². The quantitative estimate of drug-likeness (QED) is 0.772. The summed E-state index contributed by atoms with van der Waals surface area (Å²) in [4.78, 5) is 4.11. The Morgan fingerprint density at radius 2 is 1.92 bits per heavy atom. The van der Waals surface area contributed by atoms with Crippen molar-refractivity contribution >= 4 is 27.3 Å². The summed E-state index contributed by atoms with van der Waals surface area (Å²) in [5.74, 6) is 0. The molecule has 8 heteroatoms. The van der Waals surface area contributed by atoms with E-state index in [1.54, 1.807) is 37.3 Å². The monoisotopic (exact) mass is 362 g/mol. The Labute approximate surface area is 145 Å². The molecule has 0 bridgehead atoms. The molecule has 0 aliphatic heterocycles. The van der Waals surface area contributed by atoms with Gasteiger partial charge >= 0.3 is 0 Å². The number of benzene rings is 2. The normalized spacial score (nSPS) is 11.5. The first-order chi connectivity index (χ1) is 11.4. The molecule has 0 amide bonds. The third-order valence-corrected chi connectivity index (χ3v) is 5.24. The van der Waals surface area contributed by atoms with Crippen LogP contribution in [0.3, 0.4) is 0 Å². The van der Waals surface area contributed by atoms with E-state index in [9.17, 15) is 8.42 Å². The van der Waals surface area contributed by atoms with E-state index in [0.717, 1.165) is 5.56 Å². The Bertz CT molecular complexity index is 985. The zero-order valence-corrected chi connectivity index (χ0v) is 14.6. The van der Waals surface area contributed by atoms with Crippen molar-refractivity contribution in [3.05, 3.63) is 65.2 Å². The SMILES string of the molecule is Cc1ccc(C)c(S(=O)(=O)Nc2cc(Cl)ccc2-n2cncn2)c1. The molecule has 24 heavy (non-hydrogen) atoms. The van der Waals surface area contributed by atoms with Crippen LogP contribution < -0.4 is 4.72 Å². The van der Waals surface area contributed by atoms with E-state index in [4.69, 9.17) is 11.6 Å². The second-order valence-corrected chi connectivity index (χ2v) is 7.46. The van der Waals surface area contributed by atoms with Gasteiger partial charge in [-0.25, -0.2) is 18.1 Å². The molecule has 1 aromatic heterocycles. The lowest BCUT2D eigenvalue weighted by Crippen LogP contribution is -2.16. The summed E-state index contributed by atoms with van der Waals surface area (Å²) in [6, 6.07) is 10.2. The first kappa shape index (κ1) is 16.5. The molecule has 1 heterocycles. The molecule has 2 aromatic carbocycles. The van der Waals surface area contributed by atoms with Gasteiger partial charge in [0.1, 0.15) is 12.7 Å². The zero-order chi connectivity index (χ0) is 17.3. The molecule has 0 radical (unpaired) electrons. The lowest BCUT2D eigenvalue weighted by Gasteiger charge is -2.14. The van der Waals surface area contributed by atoms with Gasteiger partial charge in [-0.15, -0.1) is 0 Å². The third kappa shape index (κ3) is 3.27. The Hall–Kier alpha value is -2.38. The van der Waals surface area contributed by atoms with Crippen molar-refractivity contribution in [2.45, 2.75) is 18.7 Å². The molecule has 0 unspecified atom stereocenters. The van der Waals surface area contributed by atoms with Crippen molar-refractivity contribution in [1.82, 2.24) is 14.8 Å². The topological polar surface area (TPSA) is 76.9 Å². The molecule has 3 rings (SSSR count). The predicted molar refractivity (Wildman–Crippen MR) is 93.1 cm³/mol. The molecule has 3 aromatic rings. The molecule has 0 aliphatic carbocycles. The van der Waals surface area contributed by atoms with Crippen molar-refractivity contribution in [1.29, 1.82) is 0 Å². The Kier molecular flexibility index (Phi) is 4.29. The smallest absolute Gasteiger partial charge is 0.262 e. The summed E-state index contributed by atoms with van der Waals surface area (Å²) in [7, 11) is -3.77. The number of hydrogen-bond acceptors (Lipinski definition) is 4. The average Bonchev–Trinajstić information content (AvgIpc) is 3.03. The summed E-state index contributed by atoms with van der Waals surface area (Å²) >= 11 is 6.03. The van der Waals surface area contributed by atoms with Crippen LogP contribution in [0.25, 0.3) is 5.69 Å². The molecule has 0 spiro atoms. The molecule has 0 saturated heterocycles. The Morgan fingerprint density at radius 3 is 2.62 bits per heavy atom. The highest BCUT2D eigenvalue weighted by atomic mass is 35.5. The lowest BCUT2D eigenvalue weighted by molar-refractivity contribution is 0.600. The highest BCUT2D eigenvalue weighted by Gasteiger charge is 2.19. The molecule has 0 saturated carbocycles. The van der Waals surface area contributed by atoms with Gasteiger partial charge in [0.15, 0.2) is 0 Å². The Morgan fingerprint density at radius 1 is 1.12 bits per heavy atom. The van der Waals surface area contributed by atoms with Gasteiger partial charge in [0.2, 0.25) is 0 Å². The van der Waals surface area contributed by atoms with Crippen LogP contribution in [0.1, 0.15) is 11.1 Å². The number of sulfonamides is 1. The van der Waals surface area contributed by atoms with Crippen molar-refractivity contribution in [2.75, 3.05) is 4.72 Å². The minimum atomic E-state index is -3.77. The van der Waals surface area contributed by atoms with Crippen LogP contribution in [0, 0.1) is 13.8 Å². The van der Waals surface area contributed by atoms with Crippen molar-refractivity contribution < 1.29 is 8.42 Å². The second-order valence-electron chi connectivity index (χ2n) is 5.38. The van der Waals surface area contributed by atoms with E-state index in [2.05, 4.69) is 14.8 Å². The number of aryl methyl sites for hydroxylation is 2. The fourth-order valence-electron chi connectivity index (χ4n) is 2.32. The van der Waals surface area contributed by atoms with Gasteiger partial charge < -0.3 is 0 Å². The summed E-state index contributed by atoms with van der Waals surface area (Å²) < 4.78 is 29.7. The molecule has 6 nitrogen and oxygen atoms in total. The number of nitrogens with one attached hydrogen (secondary N) is 1. The summed E-state index contributed by atoms with van der Waals surface area (Å²) in [6.45, 7) is 3.60.